The number of halogens is 6. The zero-order chi connectivity index (χ0) is 27.1. The van der Waals surface area contributed by atoms with Crippen LogP contribution >= 0.6 is 0 Å². The Morgan fingerprint density at radius 2 is 1.39 bits per heavy atom. The summed E-state index contributed by atoms with van der Waals surface area (Å²) in [7, 11) is 0. The Morgan fingerprint density at radius 1 is 0.778 bits per heavy atom. The van der Waals surface area contributed by atoms with Crippen molar-refractivity contribution in [1.82, 2.24) is 0 Å². The van der Waals surface area contributed by atoms with Gasteiger partial charge in [0.25, 0.3) is 0 Å². The molecule has 0 radical (unpaired) electrons. The summed E-state index contributed by atoms with van der Waals surface area (Å²) in [5.41, 5.74) is 4.69. The smallest absolute Gasteiger partial charge is 0.392 e. The van der Waals surface area contributed by atoms with Gasteiger partial charge in [-0.1, -0.05) is 56.7 Å². The van der Waals surface area contributed by atoms with Crippen LogP contribution in [0.2, 0.25) is 0 Å². The highest BCUT2D eigenvalue weighted by molar-refractivity contribution is 5.39. The predicted molar refractivity (Wildman–Crippen MR) is 125 cm³/mol. The third kappa shape index (κ3) is 7.70. The maximum absolute atomic E-state index is 13.0. The molecule has 0 aliphatic carbocycles. The summed E-state index contributed by atoms with van der Waals surface area (Å²) >= 11 is 0. The summed E-state index contributed by atoms with van der Waals surface area (Å²) in [6.07, 6.45) is -11.7. The van der Waals surface area contributed by atoms with Gasteiger partial charge < -0.3 is 15.3 Å². The molecule has 3 N–H and O–H groups in total. The van der Waals surface area contributed by atoms with Gasteiger partial charge in [-0.2, -0.15) is 26.3 Å². The molecule has 0 bridgehead atoms. The SMILES string of the molecule is CCCC(Cc1cccc(CCC(O)C(C(F)(F)F)C(F)(F)F)c1CC)c1ccc(CO)c(CO)c1. The molecule has 0 saturated heterocycles. The van der Waals surface area contributed by atoms with E-state index in [1.54, 1.807) is 18.2 Å². The van der Waals surface area contributed by atoms with Crippen molar-refractivity contribution < 1.29 is 41.7 Å². The Balaban J connectivity index is 2.30. The van der Waals surface area contributed by atoms with E-state index in [2.05, 4.69) is 0 Å². The second kappa shape index (κ2) is 12.9. The normalized spacial score (nSPS) is 14.3. The molecule has 2 unspecified atom stereocenters. The number of aliphatic hydroxyl groups excluding tert-OH is 3. The van der Waals surface area contributed by atoms with Crippen molar-refractivity contribution in [1.29, 1.82) is 0 Å². The highest BCUT2D eigenvalue weighted by Crippen LogP contribution is 2.42. The van der Waals surface area contributed by atoms with Crippen LogP contribution in [0, 0.1) is 5.92 Å². The Hall–Kier alpha value is -2.10. The molecule has 0 aliphatic rings. The van der Waals surface area contributed by atoms with Gasteiger partial charge in [0, 0.05) is 0 Å². The van der Waals surface area contributed by atoms with Crippen LogP contribution in [0.4, 0.5) is 26.3 Å². The third-order valence-corrected chi connectivity index (χ3v) is 6.67. The standard InChI is InChI=1S/C27H34F6O3/c1-3-6-18(19-9-10-21(15-34)22(14-19)16-35)13-20-8-5-7-17(23(20)4-2)11-12-24(36)25(26(28,29)30)27(31,32)33/h5,7-10,14,18,24-25,34-36H,3-4,6,11-13,15-16H2,1-2H3. The molecule has 2 atom stereocenters. The zero-order valence-corrected chi connectivity index (χ0v) is 20.5. The first-order valence-corrected chi connectivity index (χ1v) is 12.1. The second-order valence-electron chi connectivity index (χ2n) is 9.11. The highest BCUT2D eigenvalue weighted by atomic mass is 19.4. The number of benzene rings is 2. The molecule has 0 saturated carbocycles. The average Bonchev–Trinajstić information content (AvgIpc) is 2.80. The monoisotopic (exact) mass is 520 g/mol. The number of aliphatic hydroxyl groups is 3. The first-order chi connectivity index (χ1) is 16.9. The topological polar surface area (TPSA) is 60.7 Å². The maximum Gasteiger partial charge on any atom is 0.403 e. The van der Waals surface area contributed by atoms with Crippen molar-refractivity contribution in [3.8, 4) is 0 Å². The molecule has 3 nitrogen and oxygen atoms in total. The average molecular weight is 521 g/mol. The lowest BCUT2D eigenvalue weighted by Gasteiger charge is -2.27. The molecule has 0 heterocycles. The molecule has 0 aromatic heterocycles. The van der Waals surface area contributed by atoms with Gasteiger partial charge in [-0.05, 0) is 71.4 Å². The predicted octanol–water partition coefficient (Wildman–Crippen LogP) is 6.39. The van der Waals surface area contributed by atoms with Crippen molar-refractivity contribution in [2.75, 3.05) is 0 Å². The molecule has 202 valence electrons. The summed E-state index contributed by atoms with van der Waals surface area (Å²) in [6.45, 7) is 3.52. The number of hydrogen-bond donors (Lipinski definition) is 3. The Kier molecular flexibility index (Phi) is 10.8. The number of rotatable bonds is 12. The molecule has 2 aromatic rings. The fraction of sp³-hybridized carbons (Fsp3) is 0.556. The molecule has 36 heavy (non-hydrogen) atoms. The maximum atomic E-state index is 13.0. The summed E-state index contributed by atoms with van der Waals surface area (Å²) in [6, 6.07) is 10.9. The lowest BCUT2D eigenvalue weighted by Crippen LogP contribution is -2.45. The Morgan fingerprint density at radius 3 is 1.92 bits per heavy atom. The fourth-order valence-electron chi connectivity index (χ4n) is 4.86. The van der Waals surface area contributed by atoms with Gasteiger partial charge in [-0.25, -0.2) is 0 Å². The van der Waals surface area contributed by atoms with Crippen molar-refractivity contribution >= 4 is 0 Å². The quantitative estimate of drug-likeness (QED) is 0.284. The van der Waals surface area contributed by atoms with Crippen LogP contribution in [0.15, 0.2) is 36.4 Å². The third-order valence-electron chi connectivity index (χ3n) is 6.67. The van der Waals surface area contributed by atoms with Crippen LogP contribution in [0.1, 0.15) is 72.4 Å². The van der Waals surface area contributed by atoms with Crippen LogP contribution in [0.3, 0.4) is 0 Å². The van der Waals surface area contributed by atoms with E-state index in [0.29, 0.717) is 29.5 Å². The van der Waals surface area contributed by atoms with E-state index in [0.717, 1.165) is 29.5 Å². The molecule has 9 heteroatoms. The summed E-state index contributed by atoms with van der Waals surface area (Å²) < 4.78 is 77.8. The zero-order valence-electron chi connectivity index (χ0n) is 20.5. The van der Waals surface area contributed by atoms with Gasteiger partial charge in [0.05, 0.1) is 19.3 Å². The molecule has 2 rings (SSSR count). The van der Waals surface area contributed by atoms with Gasteiger partial charge in [0.2, 0.25) is 0 Å². The molecular weight excluding hydrogens is 486 g/mol. The summed E-state index contributed by atoms with van der Waals surface area (Å²) in [5, 5.41) is 29.0. The van der Waals surface area contributed by atoms with Crippen LogP contribution in [0.5, 0.6) is 0 Å². The first kappa shape index (κ1) is 30.1. The van der Waals surface area contributed by atoms with E-state index in [9.17, 15) is 41.7 Å². The van der Waals surface area contributed by atoms with Crippen LogP contribution < -0.4 is 0 Å². The van der Waals surface area contributed by atoms with Crippen molar-refractivity contribution in [3.63, 3.8) is 0 Å². The van der Waals surface area contributed by atoms with E-state index in [4.69, 9.17) is 0 Å². The van der Waals surface area contributed by atoms with Crippen LogP contribution in [-0.4, -0.2) is 33.8 Å². The largest absolute Gasteiger partial charge is 0.403 e. The minimum Gasteiger partial charge on any atom is -0.392 e. The minimum atomic E-state index is -5.58. The minimum absolute atomic E-state index is 0.0685. The van der Waals surface area contributed by atoms with E-state index in [1.165, 1.54) is 0 Å². The van der Waals surface area contributed by atoms with Crippen molar-refractivity contribution in [3.05, 3.63) is 69.8 Å². The fourth-order valence-corrected chi connectivity index (χ4v) is 4.86. The molecule has 0 fully saturated rings. The van der Waals surface area contributed by atoms with Crippen LogP contribution in [0.25, 0.3) is 0 Å². The lowest BCUT2D eigenvalue weighted by molar-refractivity contribution is -0.306. The lowest BCUT2D eigenvalue weighted by atomic mass is 9.83. The molecular formula is C27H34F6O3. The van der Waals surface area contributed by atoms with E-state index >= 15 is 0 Å². The van der Waals surface area contributed by atoms with E-state index in [1.807, 2.05) is 32.0 Å². The van der Waals surface area contributed by atoms with Crippen molar-refractivity contribution in [2.45, 2.75) is 90.0 Å². The van der Waals surface area contributed by atoms with Gasteiger partial charge in [0.1, 0.15) is 0 Å². The Bertz CT molecular complexity index is 957. The summed E-state index contributed by atoms with van der Waals surface area (Å²) in [5.74, 6) is -3.71. The second-order valence-corrected chi connectivity index (χ2v) is 9.11. The van der Waals surface area contributed by atoms with Gasteiger partial charge in [-0.3, -0.25) is 0 Å². The molecule has 2 aromatic carbocycles. The number of aryl methyl sites for hydroxylation is 1. The summed E-state index contributed by atoms with van der Waals surface area (Å²) in [4.78, 5) is 0. The van der Waals surface area contributed by atoms with Gasteiger partial charge in [0.15, 0.2) is 5.92 Å². The van der Waals surface area contributed by atoms with E-state index < -0.39 is 30.8 Å². The Labute approximate surface area is 207 Å². The van der Waals surface area contributed by atoms with Crippen molar-refractivity contribution in [2.24, 2.45) is 5.92 Å². The van der Waals surface area contributed by atoms with E-state index in [-0.39, 0.29) is 25.6 Å². The number of alkyl halides is 6. The molecule has 0 spiro atoms. The molecule has 0 amide bonds. The van der Waals surface area contributed by atoms with Gasteiger partial charge in [-0.15, -0.1) is 0 Å². The number of hydrogen-bond acceptors (Lipinski definition) is 3. The highest BCUT2D eigenvalue weighted by Gasteiger charge is 2.59. The first-order valence-electron chi connectivity index (χ1n) is 12.1. The van der Waals surface area contributed by atoms with Gasteiger partial charge >= 0.3 is 12.4 Å². The molecule has 0 aliphatic heterocycles. The van der Waals surface area contributed by atoms with Crippen LogP contribution in [-0.2, 0) is 32.5 Å².